The van der Waals surface area contributed by atoms with Crippen LogP contribution in [0.25, 0.3) is 0 Å². The number of benzene rings is 2. The van der Waals surface area contributed by atoms with Crippen LogP contribution in [0, 0.1) is 0 Å². The molecule has 154 valence electrons. The Morgan fingerprint density at radius 2 is 1.53 bits per heavy atom. The van der Waals surface area contributed by atoms with Crippen LogP contribution in [0.2, 0.25) is 0 Å². The molecule has 0 radical (unpaired) electrons. The number of carbonyl (C=O) groups is 1. The molecule has 30 heavy (non-hydrogen) atoms. The number of aromatic nitrogens is 2. The number of hydrazone groups is 1. The fourth-order valence-corrected chi connectivity index (χ4v) is 2.47. The van der Waals surface area contributed by atoms with E-state index in [0.29, 0.717) is 34.4 Å². The van der Waals surface area contributed by atoms with Gasteiger partial charge in [0.25, 0.3) is 5.91 Å². The quantitative estimate of drug-likeness (QED) is 0.451. The Balaban J connectivity index is 1.76. The Hall–Kier alpha value is -4.14. The van der Waals surface area contributed by atoms with Crippen molar-refractivity contribution in [2.24, 2.45) is 5.10 Å². The summed E-state index contributed by atoms with van der Waals surface area (Å²) in [5.41, 5.74) is 3.45. The average molecular weight is 408 g/mol. The van der Waals surface area contributed by atoms with Crippen molar-refractivity contribution in [1.82, 2.24) is 15.4 Å². The largest absolute Gasteiger partial charge is 0.496 e. The number of hydrogen-bond donors (Lipinski definition) is 1. The molecule has 1 heterocycles. The predicted molar refractivity (Wildman–Crippen MR) is 110 cm³/mol. The number of carbonyl (C=O) groups excluding carboxylic acids is 1. The van der Waals surface area contributed by atoms with Gasteiger partial charge in [-0.3, -0.25) is 4.79 Å². The Morgan fingerprint density at radius 1 is 0.900 bits per heavy atom. The number of rotatable bonds is 8. The molecule has 0 saturated carbocycles. The molecule has 0 bridgehead atoms. The van der Waals surface area contributed by atoms with Gasteiger partial charge in [-0.15, -0.1) is 0 Å². The van der Waals surface area contributed by atoms with Gasteiger partial charge >= 0.3 is 6.01 Å². The van der Waals surface area contributed by atoms with E-state index in [2.05, 4.69) is 20.5 Å². The van der Waals surface area contributed by atoms with Gasteiger partial charge in [0.05, 0.1) is 39.2 Å². The molecule has 3 aromatic rings. The third-order valence-corrected chi connectivity index (χ3v) is 3.92. The SMILES string of the molecule is COc1cc(OC)nc(Oc2ccccc2C=NNC(=O)c2ccccc2OC)n1. The molecule has 0 spiro atoms. The summed E-state index contributed by atoms with van der Waals surface area (Å²) in [4.78, 5) is 20.6. The van der Waals surface area contributed by atoms with E-state index >= 15 is 0 Å². The second kappa shape index (κ2) is 9.87. The zero-order valence-corrected chi connectivity index (χ0v) is 16.7. The van der Waals surface area contributed by atoms with Gasteiger partial charge in [0.15, 0.2) is 0 Å². The summed E-state index contributed by atoms with van der Waals surface area (Å²) in [6.45, 7) is 0. The highest BCUT2D eigenvalue weighted by Crippen LogP contribution is 2.25. The van der Waals surface area contributed by atoms with Gasteiger partial charge in [0.2, 0.25) is 11.8 Å². The minimum atomic E-state index is -0.400. The predicted octanol–water partition coefficient (Wildman–Crippen LogP) is 3.06. The number of nitrogens with zero attached hydrogens (tertiary/aromatic N) is 3. The molecule has 9 heteroatoms. The molecule has 0 fully saturated rings. The van der Waals surface area contributed by atoms with Crippen molar-refractivity contribution in [2.45, 2.75) is 0 Å². The first kappa shape index (κ1) is 20.6. The van der Waals surface area contributed by atoms with Crippen molar-refractivity contribution in [2.75, 3.05) is 21.3 Å². The number of amides is 1. The number of methoxy groups -OCH3 is 3. The molecule has 1 amide bonds. The van der Waals surface area contributed by atoms with Crippen LogP contribution in [0.5, 0.6) is 29.3 Å². The average Bonchev–Trinajstić information content (AvgIpc) is 2.79. The highest BCUT2D eigenvalue weighted by Gasteiger charge is 2.11. The molecule has 9 nitrogen and oxygen atoms in total. The lowest BCUT2D eigenvalue weighted by atomic mass is 10.2. The van der Waals surface area contributed by atoms with Crippen molar-refractivity contribution in [3.05, 3.63) is 65.7 Å². The van der Waals surface area contributed by atoms with Gasteiger partial charge in [-0.2, -0.15) is 15.1 Å². The zero-order valence-electron chi connectivity index (χ0n) is 16.7. The molecule has 2 aromatic carbocycles. The van der Waals surface area contributed by atoms with Crippen molar-refractivity contribution in [3.8, 4) is 29.3 Å². The maximum atomic E-state index is 12.3. The molecule has 0 aliphatic heterocycles. The second-order valence-corrected chi connectivity index (χ2v) is 5.77. The number of para-hydroxylation sites is 2. The van der Waals surface area contributed by atoms with E-state index < -0.39 is 5.91 Å². The molecule has 0 saturated heterocycles. The van der Waals surface area contributed by atoms with Gasteiger partial charge in [-0.25, -0.2) is 5.43 Å². The van der Waals surface area contributed by atoms with Crippen LogP contribution in [0.15, 0.2) is 59.7 Å². The van der Waals surface area contributed by atoms with Gasteiger partial charge in [-0.05, 0) is 24.3 Å². The second-order valence-electron chi connectivity index (χ2n) is 5.77. The van der Waals surface area contributed by atoms with E-state index in [1.807, 2.05) is 6.07 Å². The molecule has 1 N–H and O–H groups in total. The Labute approximate surface area is 173 Å². The van der Waals surface area contributed by atoms with Crippen LogP contribution in [0.3, 0.4) is 0 Å². The van der Waals surface area contributed by atoms with Crippen molar-refractivity contribution < 1.29 is 23.7 Å². The fraction of sp³-hybridized carbons (Fsp3) is 0.143. The molecule has 1 aromatic heterocycles. The van der Waals surface area contributed by atoms with E-state index in [9.17, 15) is 4.79 Å². The lowest BCUT2D eigenvalue weighted by Gasteiger charge is -2.09. The summed E-state index contributed by atoms with van der Waals surface area (Å²) < 4.78 is 21.2. The van der Waals surface area contributed by atoms with Gasteiger partial charge in [0.1, 0.15) is 11.5 Å². The highest BCUT2D eigenvalue weighted by atomic mass is 16.5. The van der Waals surface area contributed by atoms with Crippen molar-refractivity contribution in [3.63, 3.8) is 0 Å². The summed E-state index contributed by atoms with van der Waals surface area (Å²) in [5.74, 6) is 1.09. The first-order valence-electron chi connectivity index (χ1n) is 8.85. The van der Waals surface area contributed by atoms with E-state index in [-0.39, 0.29) is 6.01 Å². The molecular formula is C21H20N4O5. The van der Waals surface area contributed by atoms with Crippen LogP contribution >= 0.6 is 0 Å². The first-order chi connectivity index (χ1) is 14.6. The highest BCUT2D eigenvalue weighted by molar-refractivity contribution is 5.97. The number of nitrogens with one attached hydrogen (secondary N) is 1. The van der Waals surface area contributed by atoms with Gasteiger partial charge in [0, 0.05) is 5.56 Å². The van der Waals surface area contributed by atoms with Crippen LogP contribution in [0.1, 0.15) is 15.9 Å². The van der Waals surface area contributed by atoms with E-state index in [1.165, 1.54) is 33.6 Å². The normalized spacial score (nSPS) is 10.5. The van der Waals surface area contributed by atoms with E-state index in [1.54, 1.807) is 42.5 Å². The molecule has 0 aliphatic carbocycles. The first-order valence-corrected chi connectivity index (χ1v) is 8.85. The van der Waals surface area contributed by atoms with E-state index in [4.69, 9.17) is 18.9 Å². The van der Waals surface area contributed by atoms with E-state index in [0.717, 1.165) is 0 Å². The minimum absolute atomic E-state index is 0.0464. The lowest BCUT2D eigenvalue weighted by molar-refractivity contribution is 0.0952. The summed E-state index contributed by atoms with van der Waals surface area (Å²) >= 11 is 0. The molecule has 0 atom stereocenters. The number of ether oxygens (including phenoxy) is 4. The lowest BCUT2D eigenvalue weighted by Crippen LogP contribution is -2.18. The maximum Gasteiger partial charge on any atom is 0.328 e. The zero-order chi connectivity index (χ0) is 21.3. The van der Waals surface area contributed by atoms with Crippen molar-refractivity contribution >= 4 is 12.1 Å². The smallest absolute Gasteiger partial charge is 0.328 e. The summed E-state index contributed by atoms with van der Waals surface area (Å²) in [7, 11) is 4.46. The van der Waals surface area contributed by atoms with Crippen LogP contribution in [0.4, 0.5) is 0 Å². The molecule has 0 unspecified atom stereocenters. The van der Waals surface area contributed by atoms with Gasteiger partial charge in [-0.1, -0.05) is 24.3 Å². The minimum Gasteiger partial charge on any atom is -0.496 e. The summed E-state index contributed by atoms with van der Waals surface area (Å²) in [6, 6.07) is 15.5. The molecule has 3 rings (SSSR count). The fourth-order valence-electron chi connectivity index (χ4n) is 2.47. The Bertz CT molecular complexity index is 1030. The monoisotopic (exact) mass is 408 g/mol. The third kappa shape index (κ3) is 5.02. The summed E-state index contributed by atoms with van der Waals surface area (Å²) in [6.07, 6.45) is 1.46. The molecular weight excluding hydrogens is 388 g/mol. The topological polar surface area (TPSA) is 104 Å². The van der Waals surface area contributed by atoms with Crippen LogP contribution < -0.4 is 24.4 Å². The summed E-state index contributed by atoms with van der Waals surface area (Å²) in [5, 5.41) is 4.01. The standard InChI is InChI=1S/C21H20N4O5/c1-27-17-11-7-5-9-15(17)20(26)25-22-13-14-8-4-6-10-16(14)30-21-23-18(28-2)12-19(24-21)29-3/h4-13H,1-3H3,(H,25,26). The maximum absolute atomic E-state index is 12.3. The van der Waals surface area contributed by atoms with Crippen molar-refractivity contribution in [1.29, 1.82) is 0 Å². The van der Waals surface area contributed by atoms with Crippen LogP contribution in [-0.2, 0) is 0 Å². The third-order valence-electron chi connectivity index (χ3n) is 3.92. The van der Waals surface area contributed by atoms with Gasteiger partial charge < -0.3 is 18.9 Å². The Morgan fingerprint density at radius 3 is 2.20 bits per heavy atom. The molecule has 0 aliphatic rings. The number of hydrogen-bond acceptors (Lipinski definition) is 8. The Kier molecular flexibility index (Phi) is 6.78. The van der Waals surface area contributed by atoms with Crippen LogP contribution in [-0.4, -0.2) is 43.4 Å².